The molecule has 0 atom stereocenters. The van der Waals surface area contributed by atoms with Crippen LogP contribution in [0.25, 0.3) is 5.69 Å². The molecule has 0 amide bonds. The quantitative estimate of drug-likeness (QED) is 0.322. The highest BCUT2D eigenvalue weighted by Gasteiger charge is 2.29. The van der Waals surface area contributed by atoms with Gasteiger partial charge in [-0.1, -0.05) is 6.92 Å². The van der Waals surface area contributed by atoms with Gasteiger partial charge >= 0.3 is 6.18 Å². The minimum atomic E-state index is -4.57. The molecule has 0 fully saturated rings. The van der Waals surface area contributed by atoms with Gasteiger partial charge in [0.25, 0.3) is 0 Å². The van der Waals surface area contributed by atoms with Gasteiger partial charge in [0.2, 0.25) is 0 Å². The Morgan fingerprint density at radius 1 is 1.00 bits per heavy atom. The predicted octanol–water partition coefficient (Wildman–Crippen LogP) is 4.88. The van der Waals surface area contributed by atoms with Gasteiger partial charge in [0, 0.05) is 24.1 Å². The zero-order valence-corrected chi connectivity index (χ0v) is 19.7. The van der Waals surface area contributed by atoms with Crippen LogP contribution < -0.4 is 15.4 Å². The molecule has 0 radical (unpaired) electrons. The molecule has 2 N–H and O–H groups in total. The van der Waals surface area contributed by atoms with E-state index >= 15 is 0 Å². The van der Waals surface area contributed by atoms with Crippen molar-refractivity contribution >= 4 is 32.8 Å². The van der Waals surface area contributed by atoms with E-state index in [1.807, 2.05) is 36.5 Å². The summed E-state index contributed by atoms with van der Waals surface area (Å²) in [4.78, 5) is 8.18. The normalized spacial score (nSPS) is 11.8. The number of anilines is 4. The van der Waals surface area contributed by atoms with Crippen molar-refractivity contribution in [3.8, 4) is 11.4 Å². The molecule has 4 rings (SSSR count). The molecule has 0 aliphatic carbocycles. The second-order valence-corrected chi connectivity index (χ2v) is 9.78. The molecule has 0 saturated carbocycles. The number of aromatic nitrogens is 4. The standard InChI is InChI=1S/C23H21F3N6O3S/c1-2-36(33,34)18-8-9-20(35-14-23(24,25)26)19(12-18)31-22-13-21(27-15-28-22)30-16-4-6-17(7-5-16)32-11-3-10-29-32/h3-13,15H,2,14H2,1H3,(H2,27,28,30,31). The van der Waals surface area contributed by atoms with Gasteiger partial charge in [-0.25, -0.2) is 23.1 Å². The average Bonchev–Trinajstić information content (AvgIpc) is 3.38. The molecule has 0 bridgehead atoms. The summed E-state index contributed by atoms with van der Waals surface area (Å²) in [7, 11) is -3.61. The monoisotopic (exact) mass is 518 g/mol. The van der Waals surface area contributed by atoms with E-state index in [-0.39, 0.29) is 27.9 Å². The summed E-state index contributed by atoms with van der Waals surface area (Å²) in [5, 5.41) is 10.1. The Balaban J connectivity index is 1.56. The zero-order chi connectivity index (χ0) is 25.8. The molecule has 2 aromatic heterocycles. The molecule has 0 aliphatic heterocycles. The zero-order valence-electron chi connectivity index (χ0n) is 18.9. The van der Waals surface area contributed by atoms with Crippen molar-refractivity contribution in [1.29, 1.82) is 0 Å². The molecule has 0 unspecified atom stereocenters. The van der Waals surface area contributed by atoms with Crippen molar-refractivity contribution in [2.75, 3.05) is 23.0 Å². The number of benzene rings is 2. The second-order valence-electron chi connectivity index (χ2n) is 7.50. The van der Waals surface area contributed by atoms with E-state index in [4.69, 9.17) is 4.74 Å². The van der Waals surface area contributed by atoms with E-state index in [2.05, 4.69) is 25.7 Å². The van der Waals surface area contributed by atoms with Crippen molar-refractivity contribution in [2.45, 2.75) is 18.0 Å². The third-order valence-electron chi connectivity index (χ3n) is 4.92. The number of hydrogen-bond donors (Lipinski definition) is 2. The van der Waals surface area contributed by atoms with Crippen molar-refractivity contribution in [3.05, 3.63) is 73.3 Å². The topological polar surface area (TPSA) is 111 Å². The lowest BCUT2D eigenvalue weighted by molar-refractivity contribution is -0.153. The Morgan fingerprint density at radius 2 is 1.72 bits per heavy atom. The Labute approximate surface area is 204 Å². The molecule has 2 aromatic carbocycles. The lowest BCUT2D eigenvalue weighted by Crippen LogP contribution is -2.19. The first-order valence-corrected chi connectivity index (χ1v) is 12.3. The van der Waals surface area contributed by atoms with Crippen LogP contribution in [0.2, 0.25) is 0 Å². The fraction of sp³-hybridized carbons (Fsp3) is 0.174. The fourth-order valence-corrected chi connectivity index (χ4v) is 4.06. The lowest BCUT2D eigenvalue weighted by atomic mass is 10.2. The van der Waals surface area contributed by atoms with Crippen molar-refractivity contribution < 1.29 is 26.3 Å². The summed E-state index contributed by atoms with van der Waals surface area (Å²) < 4.78 is 69.3. The van der Waals surface area contributed by atoms with Crippen LogP contribution in [0.1, 0.15) is 6.92 Å². The smallest absolute Gasteiger partial charge is 0.422 e. The van der Waals surface area contributed by atoms with Gasteiger partial charge in [0.15, 0.2) is 16.4 Å². The number of ether oxygens (including phenoxy) is 1. The SMILES string of the molecule is CCS(=O)(=O)c1ccc(OCC(F)(F)F)c(Nc2cc(Nc3ccc(-n4cccn4)cc3)ncn2)c1. The first kappa shape index (κ1) is 25.0. The number of nitrogens with one attached hydrogen (secondary N) is 2. The van der Waals surface area contributed by atoms with Crippen LogP contribution in [0.3, 0.4) is 0 Å². The van der Waals surface area contributed by atoms with E-state index in [0.717, 1.165) is 11.4 Å². The summed E-state index contributed by atoms with van der Waals surface area (Å²) in [6.45, 7) is -0.0624. The van der Waals surface area contributed by atoms with Crippen LogP contribution in [0, 0.1) is 0 Å². The minimum Gasteiger partial charge on any atom is -0.482 e. The minimum absolute atomic E-state index is 0.0157. The van der Waals surface area contributed by atoms with Crippen LogP contribution in [0.4, 0.5) is 36.2 Å². The molecule has 188 valence electrons. The number of alkyl halides is 3. The molecule has 36 heavy (non-hydrogen) atoms. The number of hydrogen-bond acceptors (Lipinski definition) is 8. The molecule has 4 aromatic rings. The number of rotatable bonds is 9. The third kappa shape index (κ3) is 6.30. The van der Waals surface area contributed by atoms with Gasteiger partial charge in [0.05, 0.1) is 22.0 Å². The third-order valence-corrected chi connectivity index (χ3v) is 6.65. The van der Waals surface area contributed by atoms with Crippen LogP contribution in [-0.4, -0.2) is 46.7 Å². The van der Waals surface area contributed by atoms with E-state index in [1.54, 1.807) is 10.9 Å². The molecular formula is C23H21F3N6O3S. The average molecular weight is 519 g/mol. The Bertz CT molecular complexity index is 1430. The first-order valence-electron chi connectivity index (χ1n) is 10.7. The molecule has 13 heteroatoms. The van der Waals surface area contributed by atoms with Crippen LogP contribution in [0.15, 0.2) is 78.2 Å². The van der Waals surface area contributed by atoms with Gasteiger partial charge in [0.1, 0.15) is 23.7 Å². The van der Waals surface area contributed by atoms with Crippen molar-refractivity contribution in [1.82, 2.24) is 19.7 Å². The highest BCUT2D eigenvalue weighted by Crippen LogP contribution is 2.32. The summed E-state index contributed by atoms with van der Waals surface area (Å²) in [5.41, 5.74) is 1.60. The maximum absolute atomic E-state index is 12.7. The Morgan fingerprint density at radius 3 is 2.36 bits per heavy atom. The fourth-order valence-electron chi connectivity index (χ4n) is 3.15. The van der Waals surface area contributed by atoms with Crippen molar-refractivity contribution in [3.63, 3.8) is 0 Å². The van der Waals surface area contributed by atoms with E-state index in [0.29, 0.717) is 5.82 Å². The van der Waals surface area contributed by atoms with E-state index < -0.39 is 22.6 Å². The van der Waals surface area contributed by atoms with Gasteiger partial charge in [-0.15, -0.1) is 0 Å². The van der Waals surface area contributed by atoms with Crippen LogP contribution in [0.5, 0.6) is 5.75 Å². The van der Waals surface area contributed by atoms with Gasteiger partial charge < -0.3 is 15.4 Å². The van der Waals surface area contributed by atoms with E-state index in [1.165, 1.54) is 37.5 Å². The number of halogens is 3. The highest BCUT2D eigenvalue weighted by atomic mass is 32.2. The maximum Gasteiger partial charge on any atom is 0.422 e. The van der Waals surface area contributed by atoms with Gasteiger partial charge in [-0.2, -0.15) is 18.3 Å². The molecule has 0 aliphatic rings. The van der Waals surface area contributed by atoms with Gasteiger partial charge in [-0.05, 0) is 48.5 Å². The largest absolute Gasteiger partial charge is 0.482 e. The Kier molecular flexibility index (Phi) is 7.10. The first-order chi connectivity index (χ1) is 17.1. The second kappa shape index (κ2) is 10.2. The molecule has 2 heterocycles. The van der Waals surface area contributed by atoms with Gasteiger partial charge in [-0.3, -0.25) is 0 Å². The van der Waals surface area contributed by atoms with Crippen LogP contribution in [-0.2, 0) is 9.84 Å². The van der Waals surface area contributed by atoms with Crippen molar-refractivity contribution in [2.24, 2.45) is 0 Å². The Hall–Kier alpha value is -4.13. The molecular weight excluding hydrogens is 497 g/mol. The summed E-state index contributed by atoms with van der Waals surface area (Å²) in [5.74, 6) is 0.262. The summed E-state index contributed by atoms with van der Waals surface area (Å²) >= 11 is 0. The number of nitrogens with zero attached hydrogens (tertiary/aromatic N) is 4. The maximum atomic E-state index is 12.7. The predicted molar refractivity (Wildman–Crippen MR) is 128 cm³/mol. The number of sulfone groups is 1. The van der Waals surface area contributed by atoms with E-state index in [9.17, 15) is 21.6 Å². The summed E-state index contributed by atoms with van der Waals surface area (Å²) in [6, 6.07) is 14.3. The molecule has 0 spiro atoms. The van der Waals surface area contributed by atoms with Crippen LogP contribution >= 0.6 is 0 Å². The lowest BCUT2D eigenvalue weighted by Gasteiger charge is -2.16. The molecule has 0 saturated heterocycles. The highest BCUT2D eigenvalue weighted by molar-refractivity contribution is 7.91. The summed E-state index contributed by atoms with van der Waals surface area (Å²) in [6.07, 6.45) is 0.183. The molecule has 9 nitrogen and oxygen atoms in total.